The molecule has 31 heavy (non-hydrogen) atoms. The van der Waals surface area contributed by atoms with Gasteiger partial charge in [0.05, 0.1) is 5.56 Å². The minimum Gasteiger partial charge on any atom is -0.431 e. The second-order valence-electron chi connectivity index (χ2n) is 6.22. The van der Waals surface area contributed by atoms with Crippen molar-refractivity contribution in [3.8, 4) is 29.0 Å². The number of thioether (sulfide) groups is 1. The van der Waals surface area contributed by atoms with Crippen LogP contribution in [0.1, 0.15) is 16.7 Å². The van der Waals surface area contributed by atoms with Gasteiger partial charge in [0.15, 0.2) is 0 Å². The van der Waals surface area contributed by atoms with Gasteiger partial charge in [0.2, 0.25) is 0 Å². The van der Waals surface area contributed by atoms with Crippen molar-refractivity contribution in [3.63, 3.8) is 0 Å². The highest BCUT2D eigenvalue weighted by Crippen LogP contribution is 2.37. The van der Waals surface area contributed by atoms with Crippen LogP contribution in [0.2, 0.25) is 0 Å². The monoisotopic (exact) mass is 439 g/mol. The number of aliphatic hydroxyl groups is 1. The van der Waals surface area contributed by atoms with E-state index in [1.54, 1.807) is 18.5 Å². The number of aliphatic hydroxyl groups excluding tert-OH is 1. The fourth-order valence-corrected chi connectivity index (χ4v) is 3.65. The zero-order valence-electron chi connectivity index (χ0n) is 15.9. The fraction of sp³-hybridized carbons (Fsp3) is 0.143. The Kier molecular flexibility index (Phi) is 6.65. The van der Waals surface area contributed by atoms with Gasteiger partial charge in [-0.1, -0.05) is 18.2 Å². The SMILES string of the molecule is N#Cc1c(N)nc(SCc2cccnc2)c(C#N)c1-c1ccc(OC(F)(F)CO)cc1. The molecule has 0 unspecified atom stereocenters. The number of hydrogen-bond donors (Lipinski definition) is 2. The van der Waals surface area contributed by atoms with Crippen LogP contribution >= 0.6 is 11.8 Å². The number of nitrogens with two attached hydrogens (primary N) is 1. The van der Waals surface area contributed by atoms with E-state index in [0.717, 1.165) is 5.56 Å². The van der Waals surface area contributed by atoms with Crippen molar-refractivity contribution in [2.75, 3.05) is 12.3 Å². The maximum absolute atomic E-state index is 13.2. The van der Waals surface area contributed by atoms with Gasteiger partial charge in [-0.15, -0.1) is 11.8 Å². The quantitative estimate of drug-likeness (QED) is 0.533. The van der Waals surface area contributed by atoms with Crippen LogP contribution in [-0.4, -0.2) is 27.8 Å². The summed E-state index contributed by atoms with van der Waals surface area (Å²) in [5, 5.41) is 28.3. The summed E-state index contributed by atoms with van der Waals surface area (Å²) >= 11 is 1.27. The number of hydrogen-bond acceptors (Lipinski definition) is 8. The zero-order valence-corrected chi connectivity index (χ0v) is 16.7. The number of nitrogen functional groups attached to an aromatic ring is 1. The van der Waals surface area contributed by atoms with E-state index in [0.29, 0.717) is 16.3 Å². The van der Waals surface area contributed by atoms with Crippen molar-refractivity contribution in [3.05, 3.63) is 65.5 Å². The van der Waals surface area contributed by atoms with Crippen LogP contribution in [-0.2, 0) is 5.75 Å². The summed E-state index contributed by atoms with van der Waals surface area (Å²) in [6, 6.07) is 13.0. The fourth-order valence-electron chi connectivity index (χ4n) is 2.72. The first-order valence-corrected chi connectivity index (χ1v) is 9.80. The first-order valence-electron chi connectivity index (χ1n) is 8.82. The molecule has 0 saturated heterocycles. The van der Waals surface area contributed by atoms with Gasteiger partial charge in [-0.05, 0) is 29.3 Å². The molecular formula is C21H15F2N5O2S. The summed E-state index contributed by atoms with van der Waals surface area (Å²) < 4.78 is 30.9. The number of nitrogens with zero attached hydrogens (tertiary/aromatic N) is 4. The molecule has 3 aromatic rings. The topological polar surface area (TPSA) is 129 Å². The minimum absolute atomic E-state index is 0.0108. The van der Waals surface area contributed by atoms with Crippen LogP contribution in [0.4, 0.5) is 14.6 Å². The number of nitriles is 2. The maximum Gasteiger partial charge on any atom is 0.421 e. The minimum atomic E-state index is -3.73. The van der Waals surface area contributed by atoms with E-state index in [1.807, 2.05) is 12.1 Å². The van der Waals surface area contributed by atoms with Crippen LogP contribution in [0, 0.1) is 22.7 Å². The van der Waals surface area contributed by atoms with Gasteiger partial charge >= 0.3 is 6.11 Å². The first-order chi connectivity index (χ1) is 14.9. The van der Waals surface area contributed by atoms with Gasteiger partial charge in [-0.25, -0.2) is 4.98 Å². The number of benzene rings is 1. The summed E-state index contributed by atoms with van der Waals surface area (Å²) in [5.41, 5.74) is 7.71. The number of aromatic nitrogens is 2. The normalized spacial score (nSPS) is 10.9. The molecule has 156 valence electrons. The van der Waals surface area contributed by atoms with E-state index < -0.39 is 12.7 Å². The van der Waals surface area contributed by atoms with Gasteiger partial charge in [0.25, 0.3) is 0 Å². The molecule has 0 aliphatic heterocycles. The molecule has 0 bridgehead atoms. The first kappa shape index (κ1) is 22.0. The smallest absolute Gasteiger partial charge is 0.421 e. The van der Waals surface area contributed by atoms with Crippen LogP contribution in [0.15, 0.2) is 53.8 Å². The summed E-state index contributed by atoms with van der Waals surface area (Å²) in [5.74, 6) is 0.244. The third kappa shape index (κ3) is 5.07. The van der Waals surface area contributed by atoms with Crippen molar-refractivity contribution >= 4 is 17.6 Å². The van der Waals surface area contributed by atoms with Crippen molar-refractivity contribution in [2.45, 2.75) is 16.9 Å². The Balaban J connectivity index is 2.01. The molecule has 0 atom stereocenters. The lowest BCUT2D eigenvalue weighted by atomic mass is 9.97. The number of rotatable bonds is 7. The molecule has 3 rings (SSSR count). The highest BCUT2D eigenvalue weighted by atomic mass is 32.2. The Labute approximate surface area is 180 Å². The molecule has 0 radical (unpaired) electrons. The third-order valence-electron chi connectivity index (χ3n) is 4.11. The molecule has 0 aliphatic rings. The lowest BCUT2D eigenvalue weighted by Gasteiger charge is -2.16. The van der Waals surface area contributed by atoms with E-state index in [9.17, 15) is 19.3 Å². The molecule has 2 aromatic heterocycles. The molecule has 0 aliphatic carbocycles. The van der Waals surface area contributed by atoms with Gasteiger partial charge in [0.1, 0.15) is 40.9 Å². The molecule has 3 N–H and O–H groups in total. The van der Waals surface area contributed by atoms with Crippen LogP contribution in [0.25, 0.3) is 11.1 Å². The van der Waals surface area contributed by atoms with E-state index in [-0.39, 0.29) is 28.3 Å². The maximum atomic E-state index is 13.2. The highest BCUT2D eigenvalue weighted by Gasteiger charge is 2.30. The molecule has 7 nitrogen and oxygen atoms in total. The molecule has 0 fully saturated rings. The highest BCUT2D eigenvalue weighted by molar-refractivity contribution is 7.98. The van der Waals surface area contributed by atoms with Crippen LogP contribution in [0.5, 0.6) is 5.75 Å². The van der Waals surface area contributed by atoms with E-state index >= 15 is 0 Å². The Morgan fingerprint density at radius 3 is 2.42 bits per heavy atom. The van der Waals surface area contributed by atoms with E-state index in [1.165, 1.54) is 36.0 Å². The molecule has 2 heterocycles. The number of alkyl halides is 2. The van der Waals surface area contributed by atoms with Crippen LogP contribution < -0.4 is 10.5 Å². The largest absolute Gasteiger partial charge is 0.431 e. The van der Waals surface area contributed by atoms with Crippen molar-refractivity contribution in [2.24, 2.45) is 0 Å². The zero-order chi connectivity index (χ0) is 22.4. The predicted octanol–water partition coefficient (Wildman–Crippen LogP) is 3.73. The van der Waals surface area contributed by atoms with E-state index in [4.69, 9.17) is 10.8 Å². The summed E-state index contributed by atoms with van der Waals surface area (Å²) in [6.07, 6.45) is -0.392. The third-order valence-corrected chi connectivity index (χ3v) is 5.15. The van der Waals surface area contributed by atoms with E-state index in [2.05, 4.69) is 20.8 Å². The number of pyridine rings is 2. The van der Waals surface area contributed by atoms with Gasteiger partial charge in [-0.2, -0.15) is 19.3 Å². The van der Waals surface area contributed by atoms with Gasteiger partial charge < -0.3 is 15.6 Å². The molecule has 0 spiro atoms. The molecule has 0 amide bonds. The predicted molar refractivity (Wildman–Crippen MR) is 110 cm³/mol. The van der Waals surface area contributed by atoms with Crippen molar-refractivity contribution in [1.29, 1.82) is 10.5 Å². The van der Waals surface area contributed by atoms with Crippen LogP contribution in [0.3, 0.4) is 0 Å². The number of ether oxygens (including phenoxy) is 1. The lowest BCUT2D eigenvalue weighted by Crippen LogP contribution is -2.28. The second-order valence-corrected chi connectivity index (χ2v) is 7.19. The average molecular weight is 439 g/mol. The average Bonchev–Trinajstić information content (AvgIpc) is 2.78. The van der Waals surface area contributed by atoms with Gasteiger partial charge in [-0.3, -0.25) is 4.98 Å². The Morgan fingerprint density at radius 1 is 1.13 bits per heavy atom. The number of anilines is 1. The second kappa shape index (κ2) is 9.39. The Morgan fingerprint density at radius 2 is 1.84 bits per heavy atom. The Hall–Kier alpha value is -3.73. The summed E-state index contributed by atoms with van der Waals surface area (Å²) in [4.78, 5) is 8.26. The molecular weight excluding hydrogens is 424 g/mol. The van der Waals surface area contributed by atoms with Gasteiger partial charge in [0, 0.05) is 23.7 Å². The summed E-state index contributed by atoms with van der Waals surface area (Å²) in [7, 11) is 0. The Bertz CT molecular complexity index is 1160. The summed E-state index contributed by atoms with van der Waals surface area (Å²) in [6.45, 7) is -1.47. The molecule has 1 aromatic carbocycles. The van der Waals surface area contributed by atoms with Crippen molar-refractivity contribution in [1.82, 2.24) is 9.97 Å². The molecule has 0 saturated carbocycles. The lowest BCUT2D eigenvalue weighted by molar-refractivity contribution is -0.200. The van der Waals surface area contributed by atoms with Crippen molar-refractivity contribution < 1.29 is 18.6 Å². The molecule has 10 heteroatoms. The standard InChI is InChI=1S/C21H15F2N5O2S/c22-21(23,12-29)30-15-5-3-14(4-6-15)18-16(8-24)19(26)28-20(17(18)9-25)31-11-13-2-1-7-27-10-13/h1-7,10,29H,11-12H2,(H2,26,28). The number of halogens is 2.